The van der Waals surface area contributed by atoms with Gasteiger partial charge in [-0.25, -0.2) is 17.9 Å². The topological polar surface area (TPSA) is 80.5 Å². The minimum absolute atomic E-state index is 0.0790. The van der Waals surface area contributed by atoms with Gasteiger partial charge in [-0.15, -0.1) is 0 Å². The molecule has 0 radical (unpaired) electrons. The number of hydrogen-bond acceptors (Lipinski definition) is 3. The maximum Gasteiger partial charge on any atom is 0.257 e. The summed E-state index contributed by atoms with van der Waals surface area (Å²) in [6.45, 7) is 3.95. The van der Waals surface area contributed by atoms with Crippen molar-refractivity contribution in [2.24, 2.45) is 5.14 Å². The molecule has 0 aromatic heterocycles. The molecule has 1 fully saturated rings. The van der Waals surface area contributed by atoms with Crippen LogP contribution in [0.5, 0.6) is 0 Å². The van der Waals surface area contributed by atoms with Crippen molar-refractivity contribution in [3.63, 3.8) is 0 Å². The van der Waals surface area contributed by atoms with Gasteiger partial charge in [0.15, 0.2) is 0 Å². The molecule has 1 unspecified atom stereocenters. The second-order valence-corrected chi connectivity index (χ2v) is 6.91. The molecule has 1 aromatic carbocycles. The van der Waals surface area contributed by atoms with Crippen LogP contribution in [0.2, 0.25) is 0 Å². The van der Waals surface area contributed by atoms with Crippen LogP contribution in [0.25, 0.3) is 0 Å². The van der Waals surface area contributed by atoms with Crippen LogP contribution in [0.3, 0.4) is 0 Å². The average Bonchev–Trinajstić information content (AvgIpc) is 2.88. The molecule has 2 rings (SSSR count). The molecular weight excluding hydrogens is 295 g/mol. The fraction of sp³-hybridized carbons (Fsp3) is 0.500. The molecule has 1 heterocycles. The molecule has 5 nitrogen and oxygen atoms in total. The first kappa shape index (κ1) is 15.9. The lowest BCUT2D eigenvalue weighted by molar-refractivity contribution is 0.0728. The first-order valence-electron chi connectivity index (χ1n) is 6.89. The van der Waals surface area contributed by atoms with Gasteiger partial charge in [0.25, 0.3) is 5.91 Å². The second kappa shape index (κ2) is 5.73. The van der Waals surface area contributed by atoms with Crippen molar-refractivity contribution in [1.29, 1.82) is 0 Å². The number of primary sulfonamides is 1. The van der Waals surface area contributed by atoms with Gasteiger partial charge in [0.05, 0.1) is 10.5 Å². The largest absolute Gasteiger partial charge is 0.336 e. The molecule has 0 spiro atoms. The monoisotopic (exact) mass is 314 g/mol. The summed E-state index contributed by atoms with van der Waals surface area (Å²) in [5, 5.41) is 5.08. The van der Waals surface area contributed by atoms with E-state index in [1.165, 1.54) is 6.92 Å². The molecule has 1 aliphatic heterocycles. The highest BCUT2D eigenvalue weighted by molar-refractivity contribution is 7.89. The summed E-state index contributed by atoms with van der Waals surface area (Å²) in [7, 11) is -3.98. The SMILES string of the molecule is CCC1CCCN1C(=O)c1cc(S(N)(=O)=O)cc(C)c1F. The highest BCUT2D eigenvalue weighted by Crippen LogP contribution is 2.25. The number of nitrogens with zero attached hydrogens (tertiary/aromatic N) is 1. The van der Waals surface area contributed by atoms with Crippen LogP contribution in [0, 0.1) is 12.7 Å². The minimum Gasteiger partial charge on any atom is -0.336 e. The average molecular weight is 314 g/mol. The maximum atomic E-state index is 14.2. The fourth-order valence-electron chi connectivity index (χ4n) is 2.74. The van der Waals surface area contributed by atoms with Gasteiger partial charge < -0.3 is 4.90 Å². The molecule has 1 amide bonds. The number of likely N-dealkylation sites (tertiary alicyclic amines) is 1. The van der Waals surface area contributed by atoms with E-state index in [0.717, 1.165) is 31.4 Å². The van der Waals surface area contributed by atoms with Crippen LogP contribution in [-0.4, -0.2) is 31.8 Å². The molecule has 2 N–H and O–H groups in total. The van der Waals surface area contributed by atoms with Gasteiger partial charge in [-0.3, -0.25) is 4.79 Å². The van der Waals surface area contributed by atoms with E-state index < -0.39 is 21.7 Å². The molecule has 1 atom stereocenters. The third-order valence-electron chi connectivity index (χ3n) is 3.90. The number of amides is 1. The number of aryl methyl sites for hydroxylation is 1. The van der Waals surface area contributed by atoms with Crippen molar-refractivity contribution >= 4 is 15.9 Å². The van der Waals surface area contributed by atoms with Gasteiger partial charge in [-0.2, -0.15) is 0 Å². The number of carbonyl (C=O) groups is 1. The number of hydrogen-bond donors (Lipinski definition) is 1. The van der Waals surface area contributed by atoms with E-state index in [-0.39, 0.29) is 22.1 Å². The number of halogens is 1. The van der Waals surface area contributed by atoms with Crippen LogP contribution in [-0.2, 0) is 10.0 Å². The second-order valence-electron chi connectivity index (χ2n) is 5.35. The molecule has 1 saturated heterocycles. The predicted octanol–water partition coefficient (Wildman–Crippen LogP) is 1.80. The zero-order valence-electron chi connectivity index (χ0n) is 12.1. The van der Waals surface area contributed by atoms with Crippen LogP contribution in [0.1, 0.15) is 42.1 Å². The first-order chi connectivity index (χ1) is 9.75. The highest BCUT2D eigenvalue weighted by atomic mass is 32.2. The summed E-state index contributed by atoms with van der Waals surface area (Å²) in [5.41, 5.74) is -0.128. The Balaban J connectivity index is 2.48. The van der Waals surface area contributed by atoms with E-state index in [4.69, 9.17) is 5.14 Å². The summed E-state index contributed by atoms with van der Waals surface area (Å²) >= 11 is 0. The van der Waals surface area contributed by atoms with Crippen LogP contribution < -0.4 is 5.14 Å². The van der Waals surface area contributed by atoms with Crippen LogP contribution >= 0.6 is 0 Å². The predicted molar refractivity (Wildman–Crippen MR) is 76.9 cm³/mol. The molecule has 1 aliphatic rings. The van der Waals surface area contributed by atoms with E-state index >= 15 is 0 Å². The van der Waals surface area contributed by atoms with Crippen molar-refractivity contribution in [2.75, 3.05) is 6.54 Å². The standard InChI is InChI=1S/C14H19FN2O3S/c1-3-10-5-4-6-17(10)14(18)12-8-11(21(16,19)20)7-9(2)13(12)15/h7-8,10H,3-6H2,1-2H3,(H2,16,19,20). The zero-order valence-corrected chi connectivity index (χ0v) is 12.9. The number of rotatable bonds is 3. The Morgan fingerprint density at radius 3 is 2.71 bits per heavy atom. The smallest absolute Gasteiger partial charge is 0.257 e. The van der Waals surface area contributed by atoms with Crippen molar-refractivity contribution in [1.82, 2.24) is 4.90 Å². The van der Waals surface area contributed by atoms with Crippen molar-refractivity contribution in [3.05, 3.63) is 29.1 Å². The summed E-state index contributed by atoms with van der Waals surface area (Å²) in [6, 6.07) is 2.25. The summed E-state index contributed by atoms with van der Waals surface area (Å²) < 4.78 is 37.1. The van der Waals surface area contributed by atoms with E-state index in [0.29, 0.717) is 6.54 Å². The fourth-order valence-corrected chi connectivity index (χ4v) is 3.36. The Kier molecular flexibility index (Phi) is 4.34. The van der Waals surface area contributed by atoms with Crippen molar-refractivity contribution < 1.29 is 17.6 Å². The lowest BCUT2D eigenvalue weighted by Crippen LogP contribution is -2.35. The zero-order chi connectivity index (χ0) is 15.8. The van der Waals surface area contributed by atoms with Gasteiger partial charge in [0.1, 0.15) is 5.82 Å². The normalized spacial score (nSPS) is 19.0. The molecule has 7 heteroatoms. The summed E-state index contributed by atoms with van der Waals surface area (Å²) in [5.74, 6) is -1.15. The molecule has 0 saturated carbocycles. The van der Waals surface area contributed by atoms with Crippen LogP contribution in [0.4, 0.5) is 4.39 Å². The third kappa shape index (κ3) is 3.08. The van der Waals surface area contributed by atoms with E-state index in [9.17, 15) is 17.6 Å². The molecule has 0 aliphatic carbocycles. The molecule has 116 valence electrons. The van der Waals surface area contributed by atoms with E-state index in [1.807, 2.05) is 6.92 Å². The maximum absolute atomic E-state index is 14.2. The van der Waals surface area contributed by atoms with Gasteiger partial charge in [-0.1, -0.05) is 6.92 Å². The van der Waals surface area contributed by atoms with Gasteiger partial charge in [0, 0.05) is 12.6 Å². The quantitative estimate of drug-likeness (QED) is 0.923. The molecule has 0 bridgehead atoms. The van der Waals surface area contributed by atoms with Crippen molar-refractivity contribution in [3.8, 4) is 0 Å². The number of nitrogens with two attached hydrogens (primary N) is 1. The Hall–Kier alpha value is -1.47. The Morgan fingerprint density at radius 1 is 1.48 bits per heavy atom. The van der Waals surface area contributed by atoms with Crippen molar-refractivity contribution in [2.45, 2.75) is 44.0 Å². The molecule has 21 heavy (non-hydrogen) atoms. The molecular formula is C14H19FN2O3S. The Bertz CT molecular complexity index is 673. The van der Waals surface area contributed by atoms with E-state index in [1.54, 1.807) is 4.90 Å². The highest BCUT2D eigenvalue weighted by Gasteiger charge is 2.30. The minimum atomic E-state index is -3.98. The number of sulfonamides is 1. The summed E-state index contributed by atoms with van der Waals surface area (Å²) in [6.07, 6.45) is 2.55. The van der Waals surface area contributed by atoms with Gasteiger partial charge in [-0.05, 0) is 43.9 Å². The molecule has 1 aromatic rings. The van der Waals surface area contributed by atoms with Gasteiger partial charge >= 0.3 is 0 Å². The van der Waals surface area contributed by atoms with Gasteiger partial charge in [0.2, 0.25) is 10.0 Å². The lowest BCUT2D eigenvalue weighted by Gasteiger charge is -2.24. The number of carbonyl (C=O) groups excluding carboxylic acids is 1. The lowest BCUT2D eigenvalue weighted by atomic mass is 10.1. The first-order valence-corrected chi connectivity index (χ1v) is 8.44. The third-order valence-corrected chi connectivity index (χ3v) is 4.79. The number of benzene rings is 1. The van der Waals surface area contributed by atoms with E-state index in [2.05, 4.69) is 0 Å². The summed E-state index contributed by atoms with van der Waals surface area (Å²) in [4.78, 5) is 13.9. The Morgan fingerprint density at radius 2 is 2.14 bits per heavy atom. The Labute approximate surface area is 124 Å². The van der Waals surface area contributed by atoms with Crippen LogP contribution in [0.15, 0.2) is 17.0 Å².